The first-order valence-electron chi connectivity index (χ1n) is 8.72. The second kappa shape index (κ2) is 8.62. The molecule has 0 fully saturated rings. The normalized spacial score (nSPS) is 13.5. The molecule has 0 aliphatic heterocycles. The highest BCUT2D eigenvalue weighted by molar-refractivity contribution is 7.18. The van der Waals surface area contributed by atoms with Gasteiger partial charge < -0.3 is 10.2 Å². The Kier molecular flexibility index (Phi) is 6.25. The number of hydrogen-bond donors (Lipinski definition) is 2. The van der Waals surface area contributed by atoms with Crippen molar-refractivity contribution in [3.63, 3.8) is 0 Å². The van der Waals surface area contributed by atoms with Gasteiger partial charge in [0.15, 0.2) is 11.6 Å². The standard InChI is InChI=1S/C20H22ClN3OS/c1-14(20-23-17-8-3-4-9-18(17)26-20)24(2)13-19(25)22-11-10-15-6-5-7-16(21)12-15/h3-9,12,14H,10-11,13H2,1-2H3,(H,22,25)/p+1/t14-/m1/s1. The topological polar surface area (TPSA) is 46.4 Å². The number of rotatable bonds is 7. The van der Waals surface area contributed by atoms with E-state index in [1.807, 2.05) is 49.5 Å². The fourth-order valence-corrected chi connectivity index (χ4v) is 4.12. The second-order valence-electron chi connectivity index (χ2n) is 6.49. The van der Waals surface area contributed by atoms with Crippen molar-refractivity contribution in [2.45, 2.75) is 19.4 Å². The van der Waals surface area contributed by atoms with Crippen molar-refractivity contribution in [3.8, 4) is 0 Å². The average Bonchev–Trinajstić information content (AvgIpc) is 3.05. The number of quaternary nitrogens is 1. The summed E-state index contributed by atoms with van der Waals surface area (Å²) in [5, 5.41) is 4.78. The van der Waals surface area contributed by atoms with Gasteiger partial charge in [-0.05, 0) is 43.2 Å². The Morgan fingerprint density at radius 3 is 2.85 bits per heavy atom. The van der Waals surface area contributed by atoms with E-state index < -0.39 is 0 Å². The molecule has 0 saturated carbocycles. The summed E-state index contributed by atoms with van der Waals surface area (Å²) in [7, 11) is 2.04. The highest BCUT2D eigenvalue weighted by Gasteiger charge is 2.21. The molecule has 3 aromatic rings. The van der Waals surface area contributed by atoms with E-state index in [-0.39, 0.29) is 11.9 Å². The van der Waals surface area contributed by atoms with Crippen molar-refractivity contribution in [1.82, 2.24) is 10.3 Å². The van der Waals surface area contributed by atoms with Crippen LogP contribution in [-0.4, -0.2) is 31.0 Å². The van der Waals surface area contributed by atoms with Gasteiger partial charge >= 0.3 is 0 Å². The first kappa shape index (κ1) is 18.8. The minimum Gasteiger partial charge on any atom is -0.351 e. The largest absolute Gasteiger partial charge is 0.351 e. The molecule has 1 heterocycles. The lowest BCUT2D eigenvalue weighted by atomic mass is 10.1. The minimum absolute atomic E-state index is 0.0532. The number of fused-ring (bicyclic) bond motifs is 1. The summed E-state index contributed by atoms with van der Waals surface area (Å²) in [6.45, 7) is 3.15. The summed E-state index contributed by atoms with van der Waals surface area (Å²) in [5.74, 6) is 0.0532. The monoisotopic (exact) mass is 388 g/mol. The first-order chi connectivity index (χ1) is 12.5. The van der Waals surface area contributed by atoms with Crippen LogP contribution < -0.4 is 10.2 Å². The molecule has 4 nitrogen and oxygen atoms in total. The van der Waals surface area contributed by atoms with Crippen LogP contribution in [0.1, 0.15) is 23.5 Å². The molecule has 1 unspecified atom stereocenters. The number of nitrogens with zero attached hydrogens (tertiary/aromatic N) is 1. The molecule has 1 aromatic heterocycles. The zero-order chi connectivity index (χ0) is 18.5. The van der Waals surface area contributed by atoms with E-state index >= 15 is 0 Å². The summed E-state index contributed by atoms with van der Waals surface area (Å²) in [6, 6.07) is 16.0. The maximum Gasteiger partial charge on any atom is 0.275 e. The number of aromatic nitrogens is 1. The Labute approximate surface area is 162 Å². The Hall–Kier alpha value is -1.95. The van der Waals surface area contributed by atoms with E-state index in [9.17, 15) is 4.79 Å². The Balaban J connectivity index is 1.50. The highest BCUT2D eigenvalue weighted by atomic mass is 35.5. The zero-order valence-electron chi connectivity index (χ0n) is 15.0. The predicted octanol–water partition coefficient (Wildman–Crippen LogP) is 2.88. The number of carbonyl (C=O) groups is 1. The molecule has 6 heteroatoms. The average molecular weight is 389 g/mol. The van der Waals surface area contributed by atoms with Gasteiger partial charge in [0.1, 0.15) is 6.04 Å². The van der Waals surface area contributed by atoms with Gasteiger partial charge in [-0.1, -0.05) is 35.9 Å². The number of carbonyl (C=O) groups excluding carboxylic acids is 1. The number of nitrogens with one attached hydrogen (secondary N) is 2. The van der Waals surface area contributed by atoms with E-state index in [1.54, 1.807) is 11.3 Å². The van der Waals surface area contributed by atoms with E-state index in [0.717, 1.165) is 32.4 Å². The second-order valence-corrected chi connectivity index (χ2v) is 7.99. The summed E-state index contributed by atoms with van der Waals surface area (Å²) in [4.78, 5) is 18.1. The Bertz CT molecular complexity index is 862. The molecular weight excluding hydrogens is 366 g/mol. The number of amides is 1. The molecule has 0 aliphatic rings. The zero-order valence-corrected chi connectivity index (χ0v) is 16.5. The van der Waals surface area contributed by atoms with Crippen molar-refractivity contribution in [1.29, 1.82) is 0 Å². The first-order valence-corrected chi connectivity index (χ1v) is 9.91. The molecule has 0 spiro atoms. The number of para-hydroxylation sites is 1. The molecule has 1 amide bonds. The lowest BCUT2D eigenvalue weighted by molar-refractivity contribution is -0.902. The molecule has 0 aliphatic carbocycles. The summed E-state index contributed by atoms with van der Waals surface area (Å²) < 4.78 is 1.19. The van der Waals surface area contributed by atoms with Gasteiger partial charge in [-0.2, -0.15) is 0 Å². The molecule has 0 bridgehead atoms. The van der Waals surface area contributed by atoms with Crippen LogP contribution >= 0.6 is 22.9 Å². The van der Waals surface area contributed by atoms with Crippen LogP contribution in [0.15, 0.2) is 48.5 Å². The Morgan fingerprint density at radius 2 is 2.08 bits per heavy atom. The number of hydrogen-bond acceptors (Lipinski definition) is 3. The third-order valence-electron chi connectivity index (χ3n) is 4.48. The highest BCUT2D eigenvalue weighted by Crippen LogP contribution is 2.24. The SMILES string of the molecule is C[C@H](c1nc2ccccc2s1)[NH+](C)CC(=O)NCCc1cccc(Cl)c1. The van der Waals surface area contributed by atoms with E-state index in [2.05, 4.69) is 18.3 Å². The lowest BCUT2D eigenvalue weighted by Crippen LogP contribution is -3.10. The van der Waals surface area contributed by atoms with Crippen molar-refractivity contribution >= 4 is 39.1 Å². The third-order valence-corrected chi connectivity index (χ3v) is 5.94. The van der Waals surface area contributed by atoms with Gasteiger partial charge in [0, 0.05) is 11.6 Å². The van der Waals surface area contributed by atoms with Gasteiger partial charge in [-0.25, -0.2) is 4.98 Å². The summed E-state index contributed by atoms with van der Waals surface area (Å²) in [6.07, 6.45) is 0.777. The summed E-state index contributed by atoms with van der Waals surface area (Å²) in [5.41, 5.74) is 2.15. The fourth-order valence-electron chi connectivity index (χ4n) is 2.79. The van der Waals surface area contributed by atoms with Gasteiger partial charge in [0.05, 0.1) is 17.3 Å². The number of halogens is 1. The van der Waals surface area contributed by atoms with Crippen LogP contribution in [0, 0.1) is 0 Å². The maximum atomic E-state index is 12.2. The molecule has 2 aromatic carbocycles. The van der Waals surface area contributed by atoms with Crippen LogP contribution in [0.3, 0.4) is 0 Å². The maximum absolute atomic E-state index is 12.2. The van der Waals surface area contributed by atoms with E-state index in [4.69, 9.17) is 16.6 Å². The third kappa shape index (κ3) is 4.81. The van der Waals surface area contributed by atoms with Gasteiger partial charge in [-0.3, -0.25) is 4.79 Å². The molecule has 2 atom stereocenters. The minimum atomic E-state index is 0.0532. The van der Waals surface area contributed by atoms with Gasteiger partial charge in [0.25, 0.3) is 5.91 Å². The molecule has 0 saturated heterocycles. The van der Waals surface area contributed by atoms with Crippen LogP contribution in [0.4, 0.5) is 0 Å². The smallest absolute Gasteiger partial charge is 0.275 e. The van der Waals surface area contributed by atoms with Gasteiger partial charge in [-0.15, -0.1) is 11.3 Å². The molecule has 26 heavy (non-hydrogen) atoms. The van der Waals surface area contributed by atoms with Crippen molar-refractivity contribution in [2.75, 3.05) is 20.1 Å². The molecule has 0 radical (unpaired) electrons. The van der Waals surface area contributed by atoms with Crippen molar-refractivity contribution in [3.05, 3.63) is 64.1 Å². The molecule has 2 N–H and O–H groups in total. The van der Waals surface area contributed by atoms with E-state index in [1.165, 1.54) is 4.70 Å². The summed E-state index contributed by atoms with van der Waals surface area (Å²) >= 11 is 7.68. The van der Waals surface area contributed by atoms with Crippen LogP contribution in [0.25, 0.3) is 10.2 Å². The lowest BCUT2D eigenvalue weighted by Gasteiger charge is -2.19. The number of likely N-dealkylation sites (N-methyl/N-ethyl adjacent to an activating group) is 1. The van der Waals surface area contributed by atoms with Gasteiger partial charge in [0.2, 0.25) is 0 Å². The predicted molar refractivity (Wildman–Crippen MR) is 108 cm³/mol. The molecular formula is C20H23ClN3OS+. The molecule has 136 valence electrons. The quantitative estimate of drug-likeness (QED) is 0.653. The number of benzene rings is 2. The number of thiazole rings is 1. The van der Waals surface area contributed by atoms with Crippen LogP contribution in [-0.2, 0) is 11.2 Å². The van der Waals surface area contributed by atoms with Crippen LogP contribution in [0.5, 0.6) is 0 Å². The Morgan fingerprint density at radius 1 is 1.27 bits per heavy atom. The molecule has 3 rings (SSSR count). The fraction of sp³-hybridized carbons (Fsp3) is 0.300. The van der Waals surface area contributed by atoms with E-state index in [0.29, 0.717) is 13.1 Å². The van der Waals surface area contributed by atoms with Crippen molar-refractivity contribution in [2.24, 2.45) is 0 Å². The van der Waals surface area contributed by atoms with Crippen molar-refractivity contribution < 1.29 is 9.69 Å². The van der Waals surface area contributed by atoms with Crippen LogP contribution in [0.2, 0.25) is 5.02 Å².